The van der Waals surface area contributed by atoms with Crippen molar-refractivity contribution >= 4 is 5.97 Å². The molecule has 3 heteroatoms. The molecule has 2 bridgehead atoms. The minimum absolute atomic E-state index is 0.0189. The first-order valence-electron chi connectivity index (χ1n) is 6.45. The third-order valence-corrected chi connectivity index (χ3v) is 5.40. The van der Waals surface area contributed by atoms with Crippen LogP contribution in [-0.2, 0) is 9.53 Å². The molecule has 1 N–H and O–H groups in total. The molecule has 3 aliphatic rings. The van der Waals surface area contributed by atoms with Crippen LogP contribution in [0.2, 0.25) is 0 Å². The summed E-state index contributed by atoms with van der Waals surface area (Å²) in [6.45, 7) is 0.304. The van der Waals surface area contributed by atoms with Crippen LogP contribution in [0.1, 0.15) is 25.7 Å². The Balaban J connectivity index is 1.81. The first kappa shape index (κ1) is 10.6. The Morgan fingerprint density at radius 3 is 2.81 bits per heavy atom. The maximum Gasteiger partial charge on any atom is 0.308 e. The van der Waals surface area contributed by atoms with Crippen LogP contribution >= 0.6 is 0 Å². The largest absolute Gasteiger partial charge is 0.469 e. The molecule has 16 heavy (non-hydrogen) atoms. The van der Waals surface area contributed by atoms with E-state index in [1.165, 1.54) is 20.0 Å². The number of aliphatic hydroxyl groups is 1. The van der Waals surface area contributed by atoms with Gasteiger partial charge in [0.15, 0.2) is 0 Å². The average molecular weight is 224 g/mol. The van der Waals surface area contributed by atoms with Crippen LogP contribution in [-0.4, -0.2) is 24.8 Å². The fraction of sp³-hybridized carbons (Fsp3) is 0.923. The van der Waals surface area contributed by atoms with Crippen molar-refractivity contribution in [3.8, 4) is 0 Å². The third kappa shape index (κ3) is 1.27. The van der Waals surface area contributed by atoms with Crippen molar-refractivity contribution in [2.75, 3.05) is 13.7 Å². The SMILES string of the molecule is COC(=O)C1CC2CC1C1C(CO)CCC21. The van der Waals surface area contributed by atoms with Gasteiger partial charge in [0.2, 0.25) is 0 Å². The van der Waals surface area contributed by atoms with E-state index in [1.54, 1.807) is 0 Å². The predicted octanol–water partition coefficient (Wildman–Crippen LogP) is 1.45. The topological polar surface area (TPSA) is 46.5 Å². The first-order chi connectivity index (χ1) is 7.76. The van der Waals surface area contributed by atoms with E-state index in [1.807, 2.05) is 0 Å². The zero-order valence-electron chi connectivity index (χ0n) is 9.76. The molecule has 0 aromatic heterocycles. The van der Waals surface area contributed by atoms with E-state index < -0.39 is 0 Å². The van der Waals surface area contributed by atoms with E-state index >= 15 is 0 Å². The molecule has 3 saturated carbocycles. The Bertz CT molecular complexity index is 302. The second-order valence-corrected chi connectivity index (χ2v) is 5.79. The van der Waals surface area contributed by atoms with Crippen molar-refractivity contribution in [2.45, 2.75) is 25.7 Å². The lowest BCUT2D eigenvalue weighted by Gasteiger charge is -2.32. The van der Waals surface area contributed by atoms with Gasteiger partial charge in [-0.05, 0) is 55.3 Å². The Morgan fingerprint density at radius 2 is 2.12 bits per heavy atom. The van der Waals surface area contributed by atoms with E-state index in [4.69, 9.17) is 4.74 Å². The van der Waals surface area contributed by atoms with Gasteiger partial charge in [-0.2, -0.15) is 0 Å². The van der Waals surface area contributed by atoms with Crippen LogP contribution in [0.25, 0.3) is 0 Å². The molecule has 0 saturated heterocycles. The lowest BCUT2D eigenvalue weighted by molar-refractivity contribution is -0.148. The highest BCUT2D eigenvalue weighted by Gasteiger charge is 2.58. The number of esters is 1. The maximum atomic E-state index is 11.7. The number of methoxy groups -OCH3 is 1. The summed E-state index contributed by atoms with van der Waals surface area (Å²) in [5, 5.41) is 9.41. The van der Waals surface area contributed by atoms with Crippen LogP contribution < -0.4 is 0 Å². The number of hydrogen-bond acceptors (Lipinski definition) is 3. The number of hydrogen-bond donors (Lipinski definition) is 1. The minimum atomic E-state index is -0.0189. The van der Waals surface area contributed by atoms with Crippen LogP contribution in [0.4, 0.5) is 0 Å². The van der Waals surface area contributed by atoms with Gasteiger partial charge in [-0.25, -0.2) is 0 Å². The quantitative estimate of drug-likeness (QED) is 0.722. The summed E-state index contributed by atoms with van der Waals surface area (Å²) in [7, 11) is 1.49. The zero-order valence-corrected chi connectivity index (χ0v) is 9.76. The van der Waals surface area contributed by atoms with Crippen molar-refractivity contribution in [1.29, 1.82) is 0 Å². The highest BCUT2D eigenvalue weighted by Crippen LogP contribution is 2.62. The molecule has 3 nitrogen and oxygen atoms in total. The van der Waals surface area contributed by atoms with Gasteiger partial charge in [0.1, 0.15) is 0 Å². The second kappa shape index (κ2) is 3.73. The fourth-order valence-electron chi connectivity index (χ4n) is 4.88. The molecule has 90 valence electrons. The van der Waals surface area contributed by atoms with Crippen LogP contribution in [0, 0.1) is 35.5 Å². The number of fused-ring (bicyclic) bond motifs is 5. The summed E-state index contributed by atoms with van der Waals surface area (Å²) in [4.78, 5) is 11.7. The van der Waals surface area contributed by atoms with Crippen LogP contribution in [0.5, 0.6) is 0 Å². The normalized spacial score (nSPS) is 49.4. The molecule has 3 aliphatic carbocycles. The van der Waals surface area contributed by atoms with Crippen molar-refractivity contribution in [1.82, 2.24) is 0 Å². The zero-order chi connectivity index (χ0) is 11.3. The Kier molecular flexibility index (Phi) is 2.46. The molecule has 0 radical (unpaired) electrons. The minimum Gasteiger partial charge on any atom is -0.469 e. The Hall–Kier alpha value is -0.570. The van der Waals surface area contributed by atoms with Crippen molar-refractivity contribution < 1.29 is 14.6 Å². The molecule has 3 rings (SSSR count). The summed E-state index contributed by atoms with van der Waals surface area (Å²) in [5.41, 5.74) is 0. The molecular weight excluding hydrogens is 204 g/mol. The molecule has 0 amide bonds. The summed E-state index contributed by atoms with van der Waals surface area (Å²) in [6, 6.07) is 0. The molecule has 6 unspecified atom stereocenters. The number of aliphatic hydroxyl groups excluding tert-OH is 1. The van der Waals surface area contributed by atoms with E-state index in [0.717, 1.165) is 24.7 Å². The molecular formula is C13H20O3. The summed E-state index contributed by atoms with van der Waals surface area (Å²) >= 11 is 0. The van der Waals surface area contributed by atoms with Crippen LogP contribution in [0.3, 0.4) is 0 Å². The van der Waals surface area contributed by atoms with E-state index in [9.17, 15) is 9.90 Å². The predicted molar refractivity (Wildman–Crippen MR) is 58.5 cm³/mol. The van der Waals surface area contributed by atoms with E-state index in [2.05, 4.69) is 0 Å². The van der Waals surface area contributed by atoms with Gasteiger partial charge in [0, 0.05) is 6.61 Å². The highest BCUT2D eigenvalue weighted by atomic mass is 16.5. The standard InChI is InChI=1S/C13H20O3/c1-16-13(15)11-5-8-4-10(11)12-7(6-14)2-3-9(8)12/h7-12,14H,2-6H2,1H3. The maximum absolute atomic E-state index is 11.7. The third-order valence-electron chi connectivity index (χ3n) is 5.40. The van der Waals surface area contributed by atoms with Crippen LogP contribution in [0.15, 0.2) is 0 Å². The Morgan fingerprint density at radius 1 is 1.31 bits per heavy atom. The molecule has 3 fully saturated rings. The average Bonchev–Trinajstić information content (AvgIpc) is 2.97. The Labute approximate surface area is 96.2 Å². The van der Waals surface area contributed by atoms with Gasteiger partial charge in [-0.15, -0.1) is 0 Å². The first-order valence-corrected chi connectivity index (χ1v) is 6.45. The molecule has 0 aromatic carbocycles. The second-order valence-electron chi connectivity index (χ2n) is 5.79. The van der Waals surface area contributed by atoms with E-state index in [0.29, 0.717) is 24.4 Å². The number of carbonyl (C=O) groups is 1. The number of carbonyl (C=O) groups excluding carboxylic acids is 1. The fourth-order valence-corrected chi connectivity index (χ4v) is 4.88. The van der Waals surface area contributed by atoms with Crippen molar-refractivity contribution in [3.63, 3.8) is 0 Å². The molecule has 0 spiro atoms. The van der Waals surface area contributed by atoms with Gasteiger partial charge in [-0.1, -0.05) is 0 Å². The van der Waals surface area contributed by atoms with Gasteiger partial charge in [0.25, 0.3) is 0 Å². The summed E-state index contributed by atoms with van der Waals surface area (Å²) in [5.74, 6) is 3.19. The molecule has 6 atom stereocenters. The lowest BCUT2D eigenvalue weighted by atomic mass is 9.73. The smallest absolute Gasteiger partial charge is 0.308 e. The van der Waals surface area contributed by atoms with Gasteiger partial charge < -0.3 is 9.84 Å². The lowest BCUT2D eigenvalue weighted by Crippen LogP contribution is -2.34. The highest BCUT2D eigenvalue weighted by molar-refractivity contribution is 5.73. The number of ether oxygens (including phenoxy) is 1. The van der Waals surface area contributed by atoms with Gasteiger partial charge in [0.05, 0.1) is 13.0 Å². The number of rotatable bonds is 2. The summed E-state index contributed by atoms with van der Waals surface area (Å²) < 4.78 is 4.90. The molecule has 0 aliphatic heterocycles. The monoisotopic (exact) mass is 224 g/mol. The van der Waals surface area contributed by atoms with Gasteiger partial charge in [-0.3, -0.25) is 4.79 Å². The van der Waals surface area contributed by atoms with E-state index in [-0.39, 0.29) is 11.9 Å². The van der Waals surface area contributed by atoms with Crippen molar-refractivity contribution in [2.24, 2.45) is 35.5 Å². The van der Waals surface area contributed by atoms with Crippen molar-refractivity contribution in [3.05, 3.63) is 0 Å². The summed E-state index contributed by atoms with van der Waals surface area (Å²) in [6.07, 6.45) is 4.67. The molecule has 0 aromatic rings. The van der Waals surface area contributed by atoms with Gasteiger partial charge >= 0.3 is 5.97 Å². The molecule has 0 heterocycles.